The molecule has 28 heavy (non-hydrogen) atoms. The first-order chi connectivity index (χ1) is 13.7. The van der Waals surface area contributed by atoms with Gasteiger partial charge in [-0.3, -0.25) is 0 Å². The fourth-order valence-electron chi connectivity index (χ4n) is 5.87. The second-order valence-electron chi connectivity index (χ2n) is 10.1. The molecule has 1 nitrogen and oxygen atoms in total. The lowest BCUT2D eigenvalue weighted by molar-refractivity contribution is 0.222. The third kappa shape index (κ3) is 7.12. The molecule has 2 saturated carbocycles. The van der Waals surface area contributed by atoms with Crippen LogP contribution in [0.2, 0.25) is 0 Å². The van der Waals surface area contributed by atoms with Crippen LogP contribution in [0.3, 0.4) is 0 Å². The first kappa shape index (κ1) is 21.7. The van der Waals surface area contributed by atoms with E-state index in [0.29, 0.717) is 0 Å². The van der Waals surface area contributed by atoms with E-state index in [1.54, 1.807) is 0 Å². The summed E-state index contributed by atoms with van der Waals surface area (Å²) in [4.78, 5) is 0. The van der Waals surface area contributed by atoms with Crippen LogP contribution in [0.15, 0.2) is 24.3 Å². The van der Waals surface area contributed by atoms with Gasteiger partial charge in [-0.25, -0.2) is 0 Å². The van der Waals surface area contributed by atoms with Gasteiger partial charge >= 0.3 is 0 Å². The molecule has 0 heterocycles. The molecule has 0 aliphatic heterocycles. The second-order valence-corrected chi connectivity index (χ2v) is 10.1. The van der Waals surface area contributed by atoms with Crippen LogP contribution < -0.4 is 5.73 Å². The maximum Gasteiger partial charge on any atom is 0.0314 e. The quantitative estimate of drug-likeness (QED) is 0.318. The summed E-state index contributed by atoms with van der Waals surface area (Å²) in [5.41, 5.74) is 8.25. The minimum Gasteiger partial charge on any atom is -0.399 e. The van der Waals surface area contributed by atoms with Gasteiger partial charge in [0.05, 0.1) is 0 Å². The zero-order chi connectivity index (χ0) is 19.6. The minimum atomic E-state index is 0.782. The molecule has 0 radical (unpaired) electrons. The van der Waals surface area contributed by atoms with Crippen molar-refractivity contribution in [3.63, 3.8) is 0 Å². The molecule has 0 saturated heterocycles. The minimum absolute atomic E-state index is 0.782. The zero-order valence-electron chi connectivity index (χ0n) is 18.5. The Morgan fingerprint density at radius 2 is 1.14 bits per heavy atom. The van der Waals surface area contributed by atoms with Crippen molar-refractivity contribution in [3.05, 3.63) is 29.8 Å². The molecule has 1 aromatic rings. The van der Waals surface area contributed by atoms with Gasteiger partial charge in [-0.15, -0.1) is 0 Å². The Hall–Kier alpha value is -0.980. The van der Waals surface area contributed by atoms with E-state index in [4.69, 9.17) is 5.73 Å². The third-order valence-electron chi connectivity index (χ3n) is 7.92. The molecule has 3 rings (SSSR count). The molecule has 0 amide bonds. The Bertz CT molecular complexity index is 518. The van der Waals surface area contributed by atoms with Crippen molar-refractivity contribution >= 4 is 5.69 Å². The molecule has 1 aromatic carbocycles. The Balaban J connectivity index is 1.26. The molecule has 1 heteroatoms. The van der Waals surface area contributed by atoms with Crippen LogP contribution in [0.4, 0.5) is 5.69 Å². The molecule has 2 aliphatic carbocycles. The van der Waals surface area contributed by atoms with Crippen molar-refractivity contribution in [2.75, 3.05) is 5.73 Å². The number of unbranched alkanes of at least 4 members (excludes halogenated alkanes) is 4. The second kappa shape index (κ2) is 11.9. The summed E-state index contributed by atoms with van der Waals surface area (Å²) in [6, 6.07) is 8.65. The van der Waals surface area contributed by atoms with E-state index in [1.165, 1.54) is 108 Å². The highest BCUT2D eigenvalue weighted by molar-refractivity contribution is 5.40. The summed E-state index contributed by atoms with van der Waals surface area (Å²) < 4.78 is 0. The number of hydrogen-bond donors (Lipinski definition) is 1. The van der Waals surface area contributed by atoms with E-state index >= 15 is 0 Å². The van der Waals surface area contributed by atoms with Gasteiger partial charge in [0.1, 0.15) is 0 Å². The van der Waals surface area contributed by atoms with Crippen LogP contribution in [0, 0.1) is 17.8 Å². The number of benzene rings is 1. The van der Waals surface area contributed by atoms with Gasteiger partial charge in [0, 0.05) is 5.69 Å². The summed E-state index contributed by atoms with van der Waals surface area (Å²) in [5, 5.41) is 0. The van der Waals surface area contributed by atoms with Crippen LogP contribution in [0.5, 0.6) is 0 Å². The lowest BCUT2D eigenvalue weighted by Crippen LogP contribution is -2.17. The fourth-order valence-corrected chi connectivity index (χ4v) is 5.87. The highest BCUT2D eigenvalue weighted by Gasteiger charge is 2.25. The fraction of sp³-hybridized carbons (Fsp3) is 0.778. The highest BCUT2D eigenvalue weighted by atomic mass is 14.5. The van der Waals surface area contributed by atoms with Crippen LogP contribution in [0.1, 0.15) is 121 Å². The molecule has 0 bridgehead atoms. The predicted molar refractivity (Wildman–Crippen MR) is 124 cm³/mol. The van der Waals surface area contributed by atoms with E-state index in [1.807, 2.05) is 0 Å². The van der Waals surface area contributed by atoms with E-state index in [2.05, 4.69) is 31.2 Å². The van der Waals surface area contributed by atoms with E-state index in [9.17, 15) is 0 Å². The summed E-state index contributed by atoms with van der Waals surface area (Å²) in [6.45, 7) is 2.31. The molecule has 0 spiro atoms. The van der Waals surface area contributed by atoms with Crippen molar-refractivity contribution in [3.8, 4) is 0 Å². The Morgan fingerprint density at radius 3 is 1.71 bits per heavy atom. The average Bonchev–Trinajstić information content (AvgIpc) is 2.74. The van der Waals surface area contributed by atoms with Gasteiger partial charge in [0.25, 0.3) is 0 Å². The maximum absolute atomic E-state index is 5.84. The summed E-state index contributed by atoms with van der Waals surface area (Å²) in [6.07, 6.45) is 23.6. The van der Waals surface area contributed by atoms with Gasteiger partial charge in [-0.2, -0.15) is 0 Å². The Morgan fingerprint density at radius 1 is 0.643 bits per heavy atom. The number of nitrogens with two attached hydrogens (primary N) is 1. The van der Waals surface area contributed by atoms with E-state index < -0.39 is 0 Å². The molecule has 0 aromatic heterocycles. The predicted octanol–water partition coefficient (Wildman–Crippen LogP) is 8.49. The monoisotopic (exact) mass is 383 g/mol. The molecular weight excluding hydrogens is 338 g/mol. The highest BCUT2D eigenvalue weighted by Crippen LogP contribution is 2.40. The van der Waals surface area contributed by atoms with Gasteiger partial charge < -0.3 is 5.73 Å². The SMILES string of the molecule is CCCCCCCC1CCC(CCC2CCC(c3ccc(N)cc3)CC2)CC1. The van der Waals surface area contributed by atoms with Crippen molar-refractivity contribution in [2.24, 2.45) is 17.8 Å². The third-order valence-corrected chi connectivity index (χ3v) is 7.92. The largest absolute Gasteiger partial charge is 0.399 e. The molecule has 2 N–H and O–H groups in total. The first-order valence-corrected chi connectivity index (χ1v) is 12.6. The number of rotatable bonds is 10. The summed E-state index contributed by atoms with van der Waals surface area (Å²) in [7, 11) is 0. The van der Waals surface area contributed by atoms with Gasteiger partial charge in [-0.1, -0.05) is 96.1 Å². The summed E-state index contributed by atoms with van der Waals surface area (Å²) >= 11 is 0. The van der Waals surface area contributed by atoms with Crippen molar-refractivity contribution < 1.29 is 0 Å². The molecule has 2 aliphatic rings. The molecule has 0 unspecified atom stereocenters. The van der Waals surface area contributed by atoms with Gasteiger partial charge in [0.15, 0.2) is 0 Å². The normalized spacial score (nSPS) is 28.3. The molecule has 158 valence electrons. The van der Waals surface area contributed by atoms with Crippen LogP contribution in [0.25, 0.3) is 0 Å². The van der Waals surface area contributed by atoms with Crippen molar-refractivity contribution in [1.82, 2.24) is 0 Å². The smallest absolute Gasteiger partial charge is 0.0314 e. The standard InChI is InChI=1S/C27H45N/c1-2-3-4-5-6-7-22-8-10-23(11-9-22)12-13-24-14-16-25(17-15-24)26-18-20-27(28)21-19-26/h18-25H,2-17,28H2,1H3. The summed E-state index contributed by atoms with van der Waals surface area (Å²) in [5.74, 6) is 3.89. The van der Waals surface area contributed by atoms with Crippen LogP contribution >= 0.6 is 0 Å². The van der Waals surface area contributed by atoms with Gasteiger partial charge in [0.2, 0.25) is 0 Å². The lowest BCUT2D eigenvalue weighted by Gasteiger charge is -2.32. The number of hydrogen-bond acceptors (Lipinski definition) is 1. The van der Waals surface area contributed by atoms with Gasteiger partial charge in [-0.05, 0) is 67.1 Å². The maximum atomic E-state index is 5.84. The Kier molecular flexibility index (Phi) is 9.22. The molecule has 2 fully saturated rings. The van der Waals surface area contributed by atoms with Crippen molar-refractivity contribution in [1.29, 1.82) is 0 Å². The molecular formula is C27H45N. The van der Waals surface area contributed by atoms with Crippen LogP contribution in [-0.4, -0.2) is 0 Å². The van der Waals surface area contributed by atoms with E-state index in [-0.39, 0.29) is 0 Å². The Labute approximate surface area is 174 Å². The number of anilines is 1. The topological polar surface area (TPSA) is 26.0 Å². The average molecular weight is 384 g/mol. The molecule has 0 atom stereocenters. The van der Waals surface area contributed by atoms with E-state index in [0.717, 1.165) is 29.4 Å². The first-order valence-electron chi connectivity index (χ1n) is 12.6. The lowest BCUT2D eigenvalue weighted by atomic mass is 9.74. The zero-order valence-corrected chi connectivity index (χ0v) is 18.5. The number of nitrogen functional groups attached to an aromatic ring is 1. The van der Waals surface area contributed by atoms with Crippen LogP contribution in [-0.2, 0) is 0 Å². The van der Waals surface area contributed by atoms with Crippen molar-refractivity contribution in [2.45, 2.75) is 116 Å².